The highest BCUT2D eigenvalue weighted by Gasteiger charge is 2.19. The number of anilines is 1. The van der Waals surface area contributed by atoms with Crippen molar-refractivity contribution in [1.82, 2.24) is 5.43 Å². The van der Waals surface area contributed by atoms with Gasteiger partial charge < -0.3 is 15.3 Å². The minimum absolute atomic E-state index is 0.0600. The van der Waals surface area contributed by atoms with Gasteiger partial charge in [-0.25, -0.2) is 10.2 Å². The number of esters is 1. The van der Waals surface area contributed by atoms with E-state index in [2.05, 4.69) is 20.3 Å². The lowest BCUT2D eigenvalue weighted by molar-refractivity contribution is -0.136. The average Bonchev–Trinajstić information content (AvgIpc) is 2.61. The van der Waals surface area contributed by atoms with E-state index < -0.39 is 23.5 Å². The largest absolute Gasteiger partial charge is 0.461 e. The van der Waals surface area contributed by atoms with Gasteiger partial charge in [-0.1, -0.05) is 5.16 Å². The molecule has 10 heteroatoms. The molecule has 1 aromatic carbocycles. The zero-order valence-corrected chi connectivity index (χ0v) is 13.4. The number of rotatable bonds is 5. The zero-order valence-electron chi connectivity index (χ0n) is 13.4. The molecule has 0 spiro atoms. The van der Waals surface area contributed by atoms with Gasteiger partial charge in [-0.3, -0.25) is 9.59 Å². The highest BCUT2D eigenvalue weighted by Crippen LogP contribution is 2.08. The van der Waals surface area contributed by atoms with E-state index in [1.807, 2.05) is 11.5 Å². The predicted octanol–water partition coefficient (Wildman–Crippen LogP) is 0.382. The lowest BCUT2D eigenvalue weighted by Crippen LogP contribution is -2.34. The molecule has 0 unspecified atom stereocenters. The van der Waals surface area contributed by atoms with Crippen LogP contribution in [0.5, 0.6) is 0 Å². The van der Waals surface area contributed by atoms with Crippen LogP contribution >= 0.6 is 0 Å². The van der Waals surface area contributed by atoms with Crippen LogP contribution in [0.4, 0.5) is 5.69 Å². The third-order valence-electron chi connectivity index (χ3n) is 2.71. The van der Waals surface area contributed by atoms with Crippen LogP contribution in [0, 0.1) is 11.3 Å². The molecule has 0 aliphatic carbocycles. The van der Waals surface area contributed by atoms with Gasteiger partial charge in [-0.05, 0) is 38.1 Å². The van der Waals surface area contributed by atoms with Gasteiger partial charge in [0.1, 0.15) is 0 Å². The maximum Gasteiger partial charge on any atom is 0.362 e. The minimum atomic E-state index is -1.11. The summed E-state index contributed by atoms with van der Waals surface area (Å²) in [5.41, 5.74) is 1.97. The fourth-order valence-corrected chi connectivity index (χ4v) is 1.51. The quantitative estimate of drug-likeness (QED) is 0.230. The van der Waals surface area contributed by atoms with Crippen molar-refractivity contribution in [3.05, 3.63) is 29.8 Å². The Morgan fingerprint density at radius 3 is 2.40 bits per heavy atom. The van der Waals surface area contributed by atoms with Gasteiger partial charge in [0, 0.05) is 5.69 Å². The smallest absolute Gasteiger partial charge is 0.362 e. The Balaban J connectivity index is 2.69. The third-order valence-corrected chi connectivity index (χ3v) is 2.71. The topological polar surface area (TPSA) is 153 Å². The van der Waals surface area contributed by atoms with Crippen LogP contribution in [0.2, 0.25) is 0 Å². The number of hydrogen-bond donors (Lipinski definition) is 3. The molecule has 25 heavy (non-hydrogen) atoms. The Bertz CT molecular complexity index is 762. The Labute approximate surface area is 142 Å². The van der Waals surface area contributed by atoms with E-state index in [1.165, 1.54) is 31.2 Å². The molecule has 0 aliphatic rings. The average molecular weight is 345 g/mol. The summed E-state index contributed by atoms with van der Waals surface area (Å²) in [4.78, 5) is 34.9. The van der Waals surface area contributed by atoms with Crippen molar-refractivity contribution in [1.29, 1.82) is 5.26 Å². The van der Waals surface area contributed by atoms with Crippen molar-refractivity contribution in [3.8, 4) is 6.07 Å². The fraction of sp³-hybridized carbons (Fsp3) is 0.200. The van der Waals surface area contributed by atoms with Gasteiger partial charge in [0.2, 0.25) is 5.71 Å². The summed E-state index contributed by atoms with van der Waals surface area (Å²) in [6.45, 7) is 2.91. The maximum atomic E-state index is 11.7. The molecule has 1 aromatic rings. The first-order valence-corrected chi connectivity index (χ1v) is 6.98. The first-order chi connectivity index (χ1) is 11.9. The molecule has 1 rings (SSSR count). The van der Waals surface area contributed by atoms with E-state index in [0.29, 0.717) is 11.3 Å². The molecule has 10 nitrogen and oxygen atoms in total. The van der Waals surface area contributed by atoms with Gasteiger partial charge in [0.15, 0.2) is 0 Å². The number of nitriles is 1. The van der Waals surface area contributed by atoms with Crippen LogP contribution in [0.15, 0.2) is 34.5 Å². The number of nitrogens with one attached hydrogen (secondary N) is 2. The molecule has 0 aliphatic heterocycles. The number of benzene rings is 1. The first-order valence-electron chi connectivity index (χ1n) is 6.98. The summed E-state index contributed by atoms with van der Waals surface area (Å²) in [6, 6.07) is 7.77. The molecule has 3 N–H and O–H groups in total. The van der Waals surface area contributed by atoms with Crippen molar-refractivity contribution < 1.29 is 24.3 Å². The molecule has 0 saturated heterocycles. The van der Waals surface area contributed by atoms with E-state index >= 15 is 0 Å². The first kappa shape index (κ1) is 19.3. The number of ether oxygens (including phenoxy) is 1. The second-order valence-corrected chi connectivity index (χ2v) is 4.45. The van der Waals surface area contributed by atoms with Gasteiger partial charge in [-0.2, -0.15) is 10.4 Å². The molecule has 0 aromatic heterocycles. The number of carbonyl (C=O) groups is 3. The van der Waals surface area contributed by atoms with E-state index in [0.717, 1.165) is 0 Å². The summed E-state index contributed by atoms with van der Waals surface area (Å²) < 4.78 is 4.64. The second-order valence-electron chi connectivity index (χ2n) is 4.45. The van der Waals surface area contributed by atoms with Crippen molar-refractivity contribution in [2.24, 2.45) is 10.3 Å². The number of amides is 2. The Kier molecular flexibility index (Phi) is 7.27. The SMILES string of the molecule is CCOC(=O)C(=N\O)/C(C)=N\NC(=O)C(=O)Nc1ccc(C#N)cc1. The monoisotopic (exact) mass is 345 g/mol. The highest BCUT2D eigenvalue weighted by atomic mass is 16.5. The molecule has 130 valence electrons. The molecule has 0 heterocycles. The van der Waals surface area contributed by atoms with E-state index in [4.69, 9.17) is 10.5 Å². The van der Waals surface area contributed by atoms with Crippen molar-refractivity contribution in [2.75, 3.05) is 11.9 Å². The van der Waals surface area contributed by atoms with Gasteiger partial charge in [-0.15, -0.1) is 0 Å². The standard InChI is InChI=1S/C15H15N5O5/c1-3-25-15(23)12(20-24)9(2)18-19-14(22)13(21)17-11-6-4-10(8-16)5-7-11/h4-7,24H,3H2,1-2H3,(H,17,21)(H,19,22)/b18-9-,20-12-. The zero-order chi connectivity index (χ0) is 18.8. The second kappa shape index (κ2) is 9.41. The molecule has 2 amide bonds. The molecular weight excluding hydrogens is 330 g/mol. The van der Waals surface area contributed by atoms with Crippen LogP contribution in [0.3, 0.4) is 0 Å². The van der Waals surface area contributed by atoms with E-state index in [9.17, 15) is 14.4 Å². The number of hydrogen-bond acceptors (Lipinski definition) is 8. The summed E-state index contributed by atoms with van der Waals surface area (Å²) in [6.07, 6.45) is 0. The number of carbonyl (C=O) groups excluding carboxylic acids is 3. The Morgan fingerprint density at radius 2 is 1.88 bits per heavy atom. The van der Waals surface area contributed by atoms with Gasteiger partial charge >= 0.3 is 17.8 Å². The summed E-state index contributed by atoms with van der Waals surface area (Å²) >= 11 is 0. The summed E-state index contributed by atoms with van der Waals surface area (Å²) in [5, 5.41) is 26.0. The summed E-state index contributed by atoms with van der Waals surface area (Å²) in [7, 11) is 0. The van der Waals surface area contributed by atoms with E-state index in [-0.39, 0.29) is 12.3 Å². The Morgan fingerprint density at radius 1 is 1.24 bits per heavy atom. The van der Waals surface area contributed by atoms with Crippen LogP contribution in [-0.2, 0) is 19.1 Å². The molecule has 0 saturated carbocycles. The third kappa shape index (κ3) is 5.76. The predicted molar refractivity (Wildman–Crippen MR) is 86.9 cm³/mol. The molecule has 0 atom stereocenters. The molecular formula is C15H15N5O5. The van der Waals surface area contributed by atoms with Crippen molar-refractivity contribution in [2.45, 2.75) is 13.8 Å². The lowest BCUT2D eigenvalue weighted by atomic mass is 10.2. The molecule has 0 radical (unpaired) electrons. The highest BCUT2D eigenvalue weighted by molar-refractivity contribution is 6.65. The number of hydrazone groups is 1. The van der Waals surface area contributed by atoms with Crippen molar-refractivity contribution >= 4 is 34.9 Å². The van der Waals surface area contributed by atoms with E-state index in [1.54, 1.807) is 6.92 Å². The van der Waals surface area contributed by atoms with Crippen LogP contribution in [-0.4, -0.2) is 41.0 Å². The van der Waals surface area contributed by atoms with Crippen LogP contribution in [0.1, 0.15) is 19.4 Å². The van der Waals surface area contributed by atoms with Crippen LogP contribution in [0.25, 0.3) is 0 Å². The molecule has 0 bridgehead atoms. The van der Waals surface area contributed by atoms with Crippen molar-refractivity contribution in [3.63, 3.8) is 0 Å². The maximum absolute atomic E-state index is 11.7. The minimum Gasteiger partial charge on any atom is -0.461 e. The lowest BCUT2D eigenvalue weighted by Gasteiger charge is -2.05. The normalized spacial score (nSPS) is 11.2. The Hall–Kier alpha value is -3.74. The summed E-state index contributed by atoms with van der Waals surface area (Å²) in [5.74, 6) is -3.05. The molecule has 0 fully saturated rings. The number of nitrogens with zero attached hydrogens (tertiary/aromatic N) is 3. The fourth-order valence-electron chi connectivity index (χ4n) is 1.51. The van der Waals surface area contributed by atoms with Gasteiger partial charge in [0.05, 0.1) is 24.0 Å². The van der Waals surface area contributed by atoms with Crippen LogP contribution < -0.4 is 10.7 Å². The van der Waals surface area contributed by atoms with Gasteiger partial charge in [0.25, 0.3) is 0 Å². The number of oxime groups is 1.